The van der Waals surface area contributed by atoms with Crippen LogP contribution in [0.4, 0.5) is 0 Å². The summed E-state index contributed by atoms with van der Waals surface area (Å²) in [4.78, 5) is 26.3. The van der Waals surface area contributed by atoms with Crippen LogP contribution in [-0.4, -0.2) is 28.9 Å². The van der Waals surface area contributed by atoms with Crippen molar-refractivity contribution in [1.82, 2.24) is 4.90 Å². The molecule has 3 unspecified atom stereocenters. The van der Waals surface area contributed by atoms with Gasteiger partial charge < -0.3 is 5.11 Å². The number of hydrogen-bond acceptors (Lipinski definition) is 3. The molecule has 0 bridgehead atoms. The Labute approximate surface area is 134 Å². The minimum absolute atomic E-state index is 0.205. The van der Waals surface area contributed by atoms with Gasteiger partial charge in [-0.25, -0.2) is 0 Å². The monoisotopic (exact) mass is 307 g/mol. The van der Waals surface area contributed by atoms with Gasteiger partial charge in [-0.05, 0) is 23.1 Å². The van der Waals surface area contributed by atoms with Gasteiger partial charge in [0.2, 0.25) is 11.8 Å². The second-order valence-electron chi connectivity index (χ2n) is 6.31. The average Bonchev–Trinajstić information content (AvgIpc) is 2.81. The van der Waals surface area contributed by atoms with Crippen molar-refractivity contribution in [3.8, 4) is 0 Å². The van der Waals surface area contributed by atoms with Gasteiger partial charge in [-0.15, -0.1) is 0 Å². The van der Waals surface area contributed by atoms with Gasteiger partial charge in [0, 0.05) is 7.05 Å². The SMILES string of the molecule is CN1C(=O)C2Cc3ccccc3C(O)(c3ccccc3)C2C1=O. The van der Waals surface area contributed by atoms with Crippen molar-refractivity contribution in [3.05, 3.63) is 71.3 Å². The zero-order chi connectivity index (χ0) is 16.2. The van der Waals surface area contributed by atoms with E-state index in [1.165, 1.54) is 7.05 Å². The Morgan fingerprint density at radius 1 is 1.00 bits per heavy atom. The Morgan fingerprint density at radius 2 is 1.65 bits per heavy atom. The standard InChI is InChI=1S/C19H17NO3/c1-20-17(21)14-11-12-7-5-6-10-15(12)19(23,16(14)18(20)22)13-8-3-2-4-9-13/h2-10,14,16,23H,11H2,1H3. The molecular weight excluding hydrogens is 290 g/mol. The van der Waals surface area contributed by atoms with Gasteiger partial charge in [-0.3, -0.25) is 14.5 Å². The molecule has 4 rings (SSSR count). The summed E-state index contributed by atoms with van der Waals surface area (Å²) in [6.07, 6.45) is 0.491. The van der Waals surface area contributed by atoms with Gasteiger partial charge in [-0.2, -0.15) is 0 Å². The maximum absolute atomic E-state index is 12.7. The summed E-state index contributed by atoms with van der Waals surface area (Å²) >= 11 is 0. The molecule has 0 saturated carbocycles. The minimum atomic E-state index is -1.47. The van der Waals surface area contributed by atoms with Crippen LogP contribution in [0, 0.1) is 11.8 Å². The number of likely N-dealkylation sites (tertiary alicyclic amines) is 1. The van der Waals surface area contributed by atoms with Gasteiger partial charge in [0.1, 0.15) is 5.60 Å². The van der Waals surface area contributed by atoms with Crippen molar-refractivity contribution < 1.29 is 14.7 Å². The Hall–Kier alpha value is -2.46. The number of rotatable bonds is 1. The lowest BCUT2D eigenvalue weighted by molar-refractivity contribution is -0.140. The van der Waals surface area contributed by atoms with Crippen LogP contribution in [0.1, 0.15) is 16.7 Å². The van der Waals surface area contributed by atoms with E-state index in [0.717, 1.165) is 16.0 Å². The van der Waals surface area contributed by atoms with Gasteiger partial charge in [0.15, 0.2) is 0 Å². The first-order valence-corrected chi connectivity index (χ1v) is 7.73. The first-order valence-electron chi connectivity index (χ1n) is 7.73. The maximum atomic E-state index is 12.7. The molecule has 1 fully saturated rings. The predicted octanol–water partition coefficient (Wildman–Crippen LogP) is 1.71. The number of benzene rings is 2. The van der Waals surface area contributed by atoms with Crippen LogP contribution in [0.25, 0.3) is 0 Å². The molecule has 23 heavy (non-hydrogen) atoms. The highest BCUT2D eigenvalue weighted by molar-refractivity contribution is 6.06. The van der Waals surface area contributed by atoms with Crippen LogP contribution in [0.3, 0.4) is 0 Å². The minimum Gasteiger partial charge on any atom is -0.380 e. The maximum Gasteiger partial charge on any atom is 0.236 e. The average molecular weight is 307 g/mol. The van der Waals surface area contributed by atoms with Crippen LogP contribution in [0.5, 0.6) is 0 Å². The fraction of sp³-hybridized carbons (Fsp3) is 0.263. The fourth-order valence-corrected chi connectivity index (χ4v) is 4.06. The number of imide groups is 1. The van der Waals surface area contributed by atoms with Gasteiger partial charge >= 0.3 is 0 Å². The van der Waals surface area contributed by atoms with Crippen molar-refractivity contribution >= 4 is 11.8 Å². The molecule has 4 heteroatoms. The highest BCUT2D eigenvalue weighted by Gasteiger charge is 2.60. The van der Waals surface area contributed by atoms with E-state index in [2.05, 4.69) is 0 Å². The Balaban J connectivity index is 2.01. The second-order valence-corrected chi connectivity index (χ2v) is 6.31. The van der Waals surface area contributed by atoms with E-state index in [1.807, 2.05) is 54.6 Å². The van der Waals surface area contributed by atoms with E-state index in [4.69, 9.17) is 0 Å². The first kappa shape index (κ1) is 14.2. The Kier molecular flexibility index (Phi) is 2.93. The number of fused-ring (bicyclic) bond motifs is 2. The number of hydrogen-bond donors (Lipinski definition) is 1. The third-order valence-electron chi connectivity index (χ3n) is 5.18. The molecule has 2 aromatic rings. The molecule has 116 valence electrons. The van der Waals surface area contributed by atoms with E-state index >= 15 is 0 Å². The number of carbonyl (C=O) groups excluding carboxylic acids is 2. The zero-order valence-electron chi connectivity index (χ0n) is 12.8. The number of aliphatic hydroxyl groups is 1. The molecule has 2 aromatic carbocycles. The predicted molar refractivity (Wildman–Crippen MR) is 84.3 cm³/mol. The molecule has 0 spiro atoms. The highest BCUT2D eigenvalue weighted by Crippen LogP contribution is 2.50. The summed E-state index contributed by atoms with van der Waals surface area (Å²) in [5.74, 6) is -1.78. The van der Waals surface area contributed by atoms with E-state index in [1.54, 1.807) is 0 Å². The van der Waals surface area contributed by atoms with Crippen molar-refractivity contribution in [3.63, 3.8) is 0 Å². The lowest BCUT2D eigenvalue weighted by Crippen LogP contribution is -2.47. The molecule has 2 amide bonds. The van der Waals surface area contributed by atoms with E-state index in [9.17, 15) is 14.7 Å². The van der Waals surface area contributed by atoms with Gasteiger partial charge in [-0.1, -0.05) is 54.6 Å². The highest BCUT2D eigenvalue weighted by atomic mass is 16.3. The second kappa shape index (κ2) is 4.77. The van der Waals surface area contributed by atoms with E-state index < -0.39 is 17.4 Å². The number of carbonyl (C=O) groups is 2. The van der Waals surface area contributed by atoms with Crippen LogP contribution < -0.4 is 0 Å². The summed E-state index contributed by atoms with van der Waals surface area (Å²) in [5, 5.41) is 11.7. The Bertz CT molecular complexity index is 801. The normalized spacial score (nSPS) is 29.4. The first-order chi connectivity index (χ1) is 11.0. The summed E-state index contributed by atoms with van der Waals surface area (Å²) in [5.41, 5.74) is 0.831. The molecule has 2 aliphatic rings. The summed E-state index contributed by atoms with van der Waals surface area (Å²) < 4.78 is 0. The summed E-state index contributed by atoms with van der Waals surface area (Å²) in [7, 11) is 1.50. The van der Waals surface area contributed by atoms with Crippen molar-refractivity contribution in [2.75, 3.05) is 7.05 Å². The van der Waals surface area contributed by atoms with Gasteiger partial charge in [0.25, 0.3) is 0 Å². The number of nitrogens with zero attached hydrogens (tertiary/aromatic N) is 1. The third kappa shape index (κ3) is 1.75. The van der Waals surface area contributed by atoms with Crippen molar-refractivity contribution in [2.24, 2.45) is 11.8 Å². The molecule has 1 N–H and O–H groups in total. The lowest BCUT2D eigenvalue weighted by atomic mass is 9.64. The quantitative estimate of drug-likeness (QED) is 0.816. The third-order valence-corrected chi connectivity index (χ3v) is 5.18. The molecule has 1 saturated heterocycles. The fourth-order valence-electron chi connectivity index (χ4n) is 4.06. The molecule has 1 aliphatic carbocycles. The van der Waals surface area contributed by atoms with Crippen molar-refractivity contribution in [1.29, 1.82) is 0 Å². The molecule has 0 radical (unpaired) electrons. The van der Waals surface area contributed by atoms with Crippen LogP contribution in [0.2, 0.25) is 0 Å². The number of amides is 2. The van der Waals surface area contributed by atoms with Crippen LogP contribution in [-0.2, 0) is 21.6 Å². The molecule has 1 aliphatic heterocycles. The lowest BCUT2D eigenvalue weighted by Gasteiger charge is -2.41. The topological polar surface area (TPSA) is 57.6 Å². The zero-order valence-corrected chi connectivity index (χ0v) is 12.8. The van der Waals surface area contributed by atoms with Gasteiger partial charge in [0.05, 0.1) is 11.8 Å². The Morgan fingerprint density at radius 3 is 2.39 bits per heavy atom. The molecule has 4 nitrogen and oxygen atoms in total. The van der Waals surface area contributed by atoms with E-state index in [0.29, 0.717) is 12.0 Å². The van der Waals surface area contributed by atoms with Crippen molar-refractivity contribution in [2.45, 2.75) is 12.0 Å². The van der Waals surface area contributed by atoms with E-state index in [-0.39, 0.29) is 11.8 Å². The summed E-state index contributed by atoms with van der Waals surface area (Å²) in [6, 6.07) is 16.7. The molecular formula is C19H17NO3. The molecule has 1 heterocycles. The van der Waals surface area contributed by atoms with Crippen LogP contribution >= 0.6 is 0 Å². The molecule has 3 atom stereocenters. The smallest absolute Gasteiger partial charge is 0.236 e. The van der Waals surface area contributed by atoms with Crippen LogP contribution in [0.15, 0.2) is 54.6 Å². The molecule has 0 aromatic heterocycles. The summed E-state index contributed by atoms with van der Waals surface area (Å²) in [6.45, 7) is 0. The largest absolute Gasteiger partial charge is 0.380 e.